The number of hydrogen-bond acceptors (Lipinski definition) is 2. The number of amides is 2. The minimum absolute atomic E-state index is 0.400. The fourth-order valence-corrected chi connectivity index (χ4v) is 2.21. The van der Waals surface area contributed by atoms with E-state index in [2.05, 4.69) is 5.32 Å². The summed E-state index contributed by atoms with van der Waals surface area (Å²) in [7, 11) is 0. The molecule has 126 valence electrons. The first-order chi connectivity index (χ1) is 11.4. The molecule has 0 aliphatic carbocycles. The molecule has 0 aliphatic heterocycles. The summed E-state index contributed by atoms with van der Waals surface area (Å²) in [5, 5.41) is 11.8. The van der Waals surface area contributed by atoms with Crippen molar-refractivity contribution in [2.75, 3.05) is 0 Å². The van der Waals surface area contributed by atoms with E-state index in [1.54, 1.807) is 4.90 Å². The number of carbonyl (C=O) groups excluding carboxylic acids is 1. The van der Waals surface area contributed by atoms with E-state index in [0.29, 0.717) is 13.1 Å². The predicted molar refractivity (Wildman–Crippen MR) is 92.4 cm³/mol. The molecule has 0 spiro atoms. The first kappa shape index (κ1) is 17.5. The number of rotatable bonds is 6. The SMILES string of the molecule is CC(C)(NC(=O)N(Cc1ccccc1)Cc1ccccc1)C(=O)O. The first-order valence-electron chi connectivity index (χ1n) is 7.77. The van der Waals surface area contributed by atoms with Crippen molar-refractivity contribution in [3.8, 4) is 0 Å². The van der Waals surface area contributed by atoms with Crippen molar-refractivity contribution >= 4 is 12.0 Å². The molecule has 0 atom stereocenters. The van der Waals surface area contributed by atoms with E-state index in [1.165, 1.54) is 13.8 Å². The third-order valence-electron chi connectivity index (χ3n) is 3.67. The second-order valence-corrected chi connectivity index (χ2v) is 6.19. The summed E-state index contributed by atoms with van der Waals surface area (Å²) in [4.78, 5) is 25.5. The van der Waals surface area contributed by atoms with Crippen LogP contribution in [-0.2, 0) is 17.9 Å². The molecule has 5 nitrogen and oxygen atoms in total. The van der Waals surface area contributed by atoms with Gasteiger partial charge in [0, 0.05) is 13.1 Å². The molecule has 0 radical (unpaired) electrons. The predicted octanol–water partition coefficient (Wildman–Crippen LogP) is 3.26. The molecular formula is C19H22N2O3. The second kappa shape index (κ2) is 7.64. The Kier molecular flexibility index (Phi) is 5.58. The van der Waals surface area contributed by atoms with Crippen molar-refractivity contribution in [3.63, 3.8) is 0 Å². The maximum atomic E-state index is 12.6. The van der Waals surface area contributed by atoms with Gasteiger partial charge in [0.15, 0.2) is 0 Å². The molecule has 24 heavy (non-hydrogen) atoms. The average molecular weight is 326 g/mol. The summed E-state index contributed by atoms with van der Waals surface area (Å²) < 4.78 is 0. The number of carbonyl (C=O) groups is 2. The van der Waals surface area contributed by atoms with Crippen LogP contribution in [0.15, 0.2) is 60.7 Å². The van der Waals surface area contributed by atoms with Crippen LogP contribution < -0.4 is 5.32 Å². The van der Waals surface area contributed by atoms with Crippen molar-refractivity contribution < 1.29 is 14.7 Å². The van der Waals surface area contributed by atoms with Gasteiger partial charge >= 0.3 is 12.0 Å². The maximum Gasteiger partial charge on any atom is 0.328 e. The summed E-state index contributed by atoms with van der Waals surface area (Å²) in [5.41, 5.74) is 0.635. The number of aliphatic carboxylic acids is 1. The zero-order valence-corrected chi connectivity index (χ0v) is 13.9. The fraction of sp³-hybridized carbons (Fsp3) is 0.263. The highest BCUT2D eigenvalue weighted by molar-refractivity contribution is 5.85. The molecule has 2 aromatic rings. The molecule has 0 heterocycles. The topological polar surface area (TPSA) is 69.6 Å². The molecule has 0 fully saturated rings. The molecule has 2 amide bonds. The van der Waals surface area contributed by atoms with Gasteiger partial charge in [-0.1, -0.05) is 60.7 Å². The fourth-order valence-electron chi connectivity index (χ4n) is 2.21. The van der Waals surface area contributed by atoms with Crippen LogP contribution in [0.4, 0.5) is 4.79 Å². The van der Waals surface area contributed by atoms with Crippen LogP contribution in [0.2, 0.25) is 0 Å². The normalized spacial score (nSPS) is 10.9. The van der Waals surface area contributed by atoms with Crippen molar-refractivity contribution in [1.82, 2.24) is 10.2 Å². The summed E-state index contributed by atoms with van der Waals surface area (Å²) in [5.74, 6) is -1.07. The lowest BCUT2D eigenvalue weighted by Crippen LogP contribution is -2.53. The summed E-state index contributed by atoms with van der Waals surface area (Å²) in [6, 6.07) is 18.8. The Bertz CT molecular complexity index is 643. The van der Waals surface area contributed by atoms with E-state index in [0.717, 1.165) is 11.1 Å². The number of nitrogens with zero attached hydrogens (tertiary/aromatic N) is 1. The zero-order valence-electron chi connectivity index (χ0n) is 13.9. The van der Waals surface area contributed by atoms with Gasteiger partial charge in [-0.2, -0.15) is 0 Å². The van der Waals surface area contributed by atoms with Crippen LogP contribution in [0.1, 0.15) is 25.0 Å². The Labute approximate surface area is 141 Å². The minimum Gasteiger partial charge on any atom is -0.480 e. The molecule has 0 bridgehead atoms. The van der Waals surface area contributed by atoms with Crippen molar-refractivity contribution in [3.05, 3.63) is 71.8 Å². The molecule has 2 aromatic carbocycles. The van der Waals surface area contributed by atoms with E-state index in [9.17, 15) is 14.7 Å². The lowest BCUT2D eigenvalue weighted by molar-refractivity contribution is -0.143. The number of carboxylic acids is 1. The largest absolute Gasteiger partial charge is 0.480 e. The van der Waals surface area contributed by atoms with Crippen LogP contribution >= 0.6 is 0 Å². The van der Waals surface area contributed by atoms with Crippen LogP contribution in [0.25, 0.3) is 0 Å². The molecule has 0 saturated carbocycles. The molecule has 5 heteroatoms. The van der Waals surface area contributed by atoms with E-state index >= 15 is 0 Å². The van der Waals surface area contributed by atoms with Crippen molar-refractivity contribution in [2.24, 2.45) is 0 Å². The number of hydrogen-bond donors (Lipinski definition) is 2. The third-order valence-corrected chi connectivity index (χ3v) is 3.67. The van der Waals surface area contributed by atoms with Crippen LogP contribution in [0.3, 0.4) is 0 Å². The average Bonchev–Trinajstić information content (AvgIpc) is 2.55. The molecule has 0 aliphatic rings. The van der Waals surface area contributed by atoms with Crippen LogP contribution in [0, 0.1) is 0 Å². The van der Waals surface area contributed by atoms with E-state index in [4.69, 9.17) is 0 Å². The van der Waals surface area contributed by atoms with E-state index < -0.39 is 17.5 Å². The van der Waals surface area contributed by atoms with Gasteiger partial charge in [0.1, 0.15) is 5.54 Å². The number of nitrogens with one attached hydrogen (secondary N) is 1. The molecule has 2 rings (SSSR count). The van der Waals surface area contributed by atoms with Gasteiger partial charge in [-0.3, -0.25) is 0 Å². The van der Waals surface area contributed by atoms with Crippen LogP contribution in [-0.4, -0.2) is 27.5 Å². The molecule has 0 unspecified atom stereocenters. The second-order valence-electron chi connectivity index (χ2n) is 6.19. The third kappa shape index (κ3) is 4.84. The zero-order chi connectivity index (χ0) is 17.6. The minimum atomic E-state index is -1.33. The molecule has 0 aromatic heterocycles. The maximum absolute atomic E-state index is 12.6. The lowest BCUT2D eigenvalue weighted by Gasteiger charge is -2.28. The quantitative estimate of drug-likeness (QED) is 0.856. The van der Waals surface area contributed by atoms with Crippen LogP contribution in [0.5, 0.6) is 0 Å². The Morgan fingerprint density at radius 3 is 1.71 bits per heavy atom. The number of benzene rings is 2. The highest BCUT2D eigenvalue weighted by Gasteiger charge is 2.31. The van der Waals surface area contributed by atoms with Gasteiger partial charge < -0.3 is 15.3 Å². The highest BCUT2D eigenvalue weighted by atomic mass is 16.4. The highest BCUT2D eigenvalue weighted by Crippen LogP contribution is 2.12. The Morgan fingerprint density at radius 1 is 0.917 bits per heavy atom. The monoisotopic (exact) mass is 326 g/mol. The summed E-state index contributed by atoms with van der Waals surface area (Å²) >= 11 is 0. The van der Waals surface area contributed by atoms with Gasteiger partial charge in [-0.25, -0.2) is 9.59 Å². The summed E-state index contributed by atoms with van der Waals surface area (Å²) in [6.45, 7) is 3.74. The van der Waals surface area contributed by atoms with Gasteiger partial charge in [-0.15, -0.1) is 0 Å². The number of carboxylic acid groups (broad SMARTS) is 1. The molecular weight excluding hydrogens is 304 g/mol. The van der Waals surface area contributed by atoms with E-state index in [-0.39, 0.29) is 0 Å². The van der Waals surface area contributed by atoms with Gasteiger partial charge in [0.2, 0.25) is 0 Å². The number of urea groups is 1. The van der Waals surface area contributed by atoms with Gasteiger partial charge in [0.25, 0.3) is 0 Å². The summed E-state index contributed by atoms with van der Waals surface area (Å²) in [6.07, 6.45) is 0. The van der Waals surface area contributed by atoms with E-state index in [1.807, 2.05) is 60.7 Å². The first-order valence-corrected chi connectivity index (χ1v) is 7.77. The molecule has 2 N–H and O–H groups in total. The van der Waals surface area contributed by atoms with Crippen molar-refractivity contribution in [1.29, 1.82) is 0 Å². The standard InChI is InChI=1S/C19H22N2O3/c1-19(2,17(22)23)20-18(24)21(13-15-9-5-3-6-10-15)14-16-11-7-4-8-12-16/h3-12H,13-14H2,1-2H3,(H,20,24)(H,22,23). The van der Waals surface area contributed by atoms with Gasteiger partial charge in [0.05, 0.1) is 0 Å². The Morgan fingerprint density at radius 2 is 1.33 bits per heavy atom. The smallest absolute Gasteiger partial charge is 0.328 e. The lowest BCUT2D eigenvalue weighted by atomic mass is 10.1. The van der Waals surface area contributed by atoms with Gasteiger partial charge in [-0.05, 0) is 25.0 Å². The molecule has 0 saturated heterocycles. The Hall–Kier alpha value is -2.82. The Balaban J connectivity index is 2.18. The van der Waals surface area contributed by atoms with Crippen molar-refractivity contribution in [2.45, 2.75) is 32.5 Å².